The molecule has 0 aliphatic heterocycles. The summed E-state index contributed by atoms with van der Waals surface area (Å²) in [7, 11) is 0. The van der Waals surface area contributed by atoms with Gasteiger partial charge in [0.1, 0.15) is 5.58 Å². The van der Waals surface area contributed by atoms with Crippen LogP contribution in [-0.2, 0) is 0 Å². The summed E-state index contributed by atoms with van der Waals surface area (Å²) in [5.41, 5.74) is 2.41. The Morgan fingerprint density at radius 2 is 2.05 bits per heavy atom. The van der Waals surface area contributed by atoms with E-state index in [0.29, 0.717) is 11.3 Å². The molecule has 108 valence electrons. The highest BCUT2D eigenvalue weighted by molar-refractivity contribution is 9.10. The quantitative estimate of drug-likeness (QED) is 0.536. The first-order valence-electron chi connectivity index (χ1n) is 6.77. The van der Waals surface area contributed by atoms with Crippen LogP contribution in [0.25, 0.3) is 21.9 Å². The molecule has 0 unspecified atom stereocenters. The maximum absolute atomic E-state index is 12.4. The van der Waals surface area contributed by atoms with Crippen LogP contribution >= 0.6 is 15.9 Å². The van der Waals surface area contributed by atoms with Crippen LogP contribution in [0, 0.1) is 0 Å². The van der Waals surface area contributed by atoms with E-state index in [0.717, 1.165) is 26.4 Å². The van der Waals surface area contributed by atoms with Crippen molar-refractivity contribution in [2.24, 2.45) is 0 Å². The normalized spacial score (nSPS) is 11.1. The second-order valence-electron chi connectivity index (χ2n) is 4.99. The number of aromatic amines is 1. The lowest BCUT2D eigenvalue weighted by Gasteiger charge is -2.04. The number of anilines is 1. The van der Waals surface area contributed by atoms with Crippen molar-refractivity contribution in [1.29, 1.82) is 0 Å². The van der Waals surface area contributed by atoms with E-state index in [-0.39, 0.29) is 5.91 Å². The van der Waals surface area contributed by atoms with Crippen molar-refractivity contribution in [1.82, 2.24) is 4.98 Å². The van der Waals surface area contributed by atoms with Crippen LogP contribution in [0.15, 0.2) is 63.6 Å². The molecule has 2 aromatic carbocycles. The average molecular weight is 355 g/mol. The molecule has 22 heavy (non-hydrogen) atoms. The Labute approximate surface area is 134 Å². The SMILES string of the molecule is O=C(Nc1cccc2[nH]ccc12)c1cc2ccc(Br)cc2o1. The van der Waals surface area contributed by atoms with E-state index >= 15 is 0 Å². The minimum Gasteiger partial charge on any atom is -0.451 e. The zero-order chi connectivity index (χ0) is 15.1. The predicted octanol–water partition coefficient (Wildman–Crippen LogP) is 4.93. The Hall–Kier alpha value is -2.53. The van der Waals surface area contributed by atoms with E-state index in [4.69, 9.17) is 4.42 Å². The lowest BCUT2D eigenvalue weighted by atomic mass is 10.2. The topological polar surface area (TPSA) is 58.0 Å². The first-order valence-corrected chi connectivity index (χ1v) is 7.56. The third-order valence-electron chi connectivity index (χ3n) is 3.55. The molecule has 0 saturated heterocycles. The molecule has 0 saturated carbocycles. The van der Waals surface area contributed by atoms with Crippen LogP contribution in [0.3, 0.4) is 0 Å². The average Bonchev–Trinajstić information content (AvgIpc) is 3.13. The van der Waals surface area contributed by atoms with E-state index in [1.54, 1.807) is 6.07 Å². The number of rotatable bonds is 2. The Balaban J connectivity index is 1.70. The van der Waals surface area contributed by atoms with E-state index in [2.05, 4.69) is 26.2 Å². The molecule has 1 amide bonds. The first kappa shape index (κ1) is 13.2. The molecular formula is C17H11BrN2O2. The number of aromatic nitrogens is 1. The monoisotopic (exact) mass is 354 g/mol. The number of benzene rings is 2. The van der Waals surface area contributed by atoms with Crippen LogP contribution in [0.1, 0.15) is 10.6 Å². The summed E-state index contributed by atoms with van der Waals surface area (Å²) in [4.78, 5) is 15.5. The van der Waals surface area contributed by atoms with Crippen molar-refractivity contribution < 1.29 is 9.21 Å². The van der Waals surface area contributed by atoms with Crippen LogP contribution < -0.4 is 5.32 Å². The molecule has 0 fully saturated rings. The molecule has 2 N–H and O–H groups in total. The summed E-state index contributed by atoms with van der Waals surface area (Å²) in [5.74, 6) is 0.0293. The molecule has 4 nitrogen and oxygen atoms in total. The van der Waals surface area contributed by atoms with Crippen molar-refractivity contribution in [3.63, 3.8) is 0 Å². The van der Waals surface area contributed by atoms with E-state index in [9.17, 15) is 4.79 Å². The number of amides is 1. The molecule has 0 aliphatic carbocycles. The Kier molecular flexibility index (Phi) is 3.01. The highest BCUT2D eigenvalue weighted by atomic mass is 79.9. The zero-order valence-corrected chi connectivity index (χ0v) is 13.0. The number of hydrogen-bond acceptors (Lipinski definition) is 2. The van der Waals surface area contributed by atoms with Crippen LogP contribution in [-0.4, -0.2) is 10.9 Å². The standard InChI is InChI=1S/C17H11BrN2O2/c18-11-5-4-10-8-16(22-15(10)9-11)17(21)20-14-3-1-2-13-12(14)6-7-19-13/h1-9,19H,(H,20,21). The number of H-pyrrole nitrogens is 1. The Morgan fingerprint density at radius 3 is 2.95 bits per heavy atom. The summed E-state index contributed by atoms with van der Waals surface area (Å²) in [6.07, 6.45) is 1.85. The van der Waals surface area contributed by atoms with E-state index in [1.807, 2.05) is 48.7 Å². The number of hydrogen-bond donors (Lipinski definition) is 2. The minimum atomic E-state index is -0.263. The molecule has 2 aromatic heterocycles. The van der Waals surface area contributed by atoms with Crippen molar-refractivity contribution in [2.75, 3.05) is 5.32 Å². The van der Waals surface area contributed by atoms with Gasteiger partial charge < -0.3 is 14.7 Å². The molecule has 0 radical (unpaired) electrons. The molecule has 0 bridgehead atoms. The van der Waals surface area contributed by atoms with E-state index in [1.165, 1.54) is 0 Å². The largest absolute Gasteiger partial charge is 0.451 e. The zero-order valence-electron chi connectivity index (χ0n) is 11.4. The molecule has 0 atom stereocenters. The van der Waals surface area contributed by atoms with Crippen molar-refractivity contribution in [2.45, 2.75) is 0 Å². The molecule has 0 aliphatic rings. The lowest BCUT2D eigenvalue weighted by molar-refractivity contribution is 0.0999. The third-order valence-corrected chi connectivity index (χ3v) is 4.04. The van der Waals surface area contributed by atoms with Gasteiger partial charge in [-0.1, -0.05) is 22.0 Å². The maximum atomic E-state index is 12.4. The lowest BCUT2D eigenvalue weighted by Crippen LogP contribution is -2.10. The number of carbonyl (C=O) groups excluding carboxylic acids is 1. The van der Waals surface area contributed by atoms with Crippen molar-refractivity contribution in [3.8, 4) is 0 Å². The van der Waals surface area contributed by atoms with Gasteiger partial charge in [0.25, 0.3) is 5.91 Å². The second kappa shape index (κ2) is 5.03. The fourth-order valence-electron chi connectivity index (χ4n) is 2.50. The van der Waals surface area contributed by atoms with Crippen molar-refractivity contribution in [3.05, 3.63) is 65.0 Å². The molecule has 4 aromatic rings. The van der Waals surface area contributed by atoms with E-state index < -0.39 is 0 Å². The van der Waals surface area contributed by atoms with Gasteiger partial charge in [0, 0.05) is 27.0 Å². The third kappa shape index (κ3) is 2.19. The van der Waals surface area contributed by atoms with Gasteiger partial charge in [-0.05, 0) is 42.5 Å². The van der Waals surface area contributed by atoms with Gasteiger partial charge in [-0.2, -0.15) is 0 Å². The fourth-order valence-corrected chi connectivity index (χ4v) is 2.84. The van der Waals surface area contributed by atoms with Gasteiger partial charge in [0.05, 0.1) is 5.69 Å². The van der Waals surface area contributed by atoms with Crippen molar-refractivity contribution >= 4 is 49.4 Å². The molecule has 5 heteroatoms. The second-order valence-corrected chi connectivity index (χ2v) is 5.91. The van der Waals surface area contributed by atoms with Gasteiger partial charge in [0.2, 0.25) is 0 Å². The number of furan rings is 1. The van der Waals surface area contributed by atoms with Gasteiger partial charge in [-0.15, -0.1) is 0 Å². The Bertz CT molecular complexity index is 1000. The smallest absolute Gasteiger partial charge is 0.291 e. The van der Waals surface area contributed by atoms with Crippen LogP contribution in [0.5, 0.6) is 0 Å². The summed E-state index contributed by atoms with van der Waals surface area (Å²) in [6, 6.07) is 15.1. The maximum Gasteiger partial charge on any atom is 0.291 e. The summed E-state index contributed by atoms with van der Waals surface area (Å²) < 4.78 is 6.54. The summed E-state index contributed by atoms with van der Waals surface area (Å²) in [6.45, 7) is 0. The molecule has 4 rings (SSSR count). The minimum absolute atomic E-state index is 0.263. The highest BCUT2D eigenvalue weighted by Gasteiger charge is 2.14. The van der Waals surface area contributed by atoms with Gasteiger partial charge in [-0.3, -0.25) is 4.79 Å². The van der Waals surface area contributed by atoms with Gasteiger partial charge >= 0.3 is 0 Å². The van der Waals surface area contributed by atoms with Gasteiger partial charge in [-0.25, -0.2) is 0 Å². The number of nitrogens with one attached hydrogen (secondary N) is 2. The fraction of sp³-hybridized carbons (Fsp3) is 0. The predicted molar refractivity (Wildman–Crippen MR) is 90.2 cm³/mol. The Morgan fingerprint density at radius 1 is 1.14 bits per heavy atom. The molecule has 0 spiro atoms. The summed E-state index contributed by atoms with van der Waals surface area (Å²) in [5, 5.41) is 4.76. The number of carbonyl (C=O) groups is 1. The molecular weight excluding hydrogens is 344 g/mol. The number of fused-ring (bicyclic) bond motifs is 2. The molecule has 2 heterocycles. The highest BCUT2D eigenvalue weighted by Crippen LogP contribution is 2.26. The van der Waals surface area contributed by atoms with Crippen LogP contribution in [0.2, 0.25) is 0 Å². The first-order chi connectivity index (χ1) is 10.7. The summed E-state index contributed by atoms with van der Waals surface area (Å²) >= 11 is 3.39. The van der Waals surface area contributed by atoms with Crippen LogP contribution in [0.4, 0.5) is 5.69 Å². The number of halogens is 1. The van der Waals surface area contributed by atoms with Gasteiger partial charge in [0.15, 0.2) is 5.76 Å².